The smallest absolute Gasteiger partial charge is 0.252 e. The van der Waals surface area contributed by atoms with Crippen molar-refractivity contribution >= 4 is 17.5 Å². The van der Waals surface area contributed by atoms with Crippen molar-refractivity contribution in [3.63, 3.8) is 0 Å². The van der Waals surface area contributed by atoms with Gasteiger partial charge in [0.25, 0.3) is 5.91 Å². The Morgan fingerprint density at radius 2 is 1.48 bits per heavy atom. The van der Waals surface area contributed by atoms with Crippen LogP contribution in [0.25, 0.3) is 11.1 Å². The minimum Gasteiger partial charge on any atom is -0.348 e. The van der Waals surface area contributed by atoms with Gasteiger partial charge in [0.15, 0.2) is 0 Å². The lowest BCUT2D eigenvalue weighted by molar-refractivity contribution is 0.0951. The summed E-state index contributed by atoms with van der Waals surface area (Å²) >= 11 is 5.87. The van der Waals surface area contributed by atoms with Gasteiger partial charge in [-0.2, -0.15) is 0 Å². The first kappa shape index (κ1) is 15.3. The fourth-order valence-corrected chi connectivity index (χ4v) is 2.56. The van der Waals surface area contributed by atoms with Crippen molar-refractivity contribution in [1.82, 2.24) is 5.32 Å². The largest absolute Gasteiger partial charge is 0.348 e. The van der Waals surface area contributed by atoms with E-state index in [2.05, 4.69) is 5.32 Å². The van der Waals surface area contributed by atoms with Gasteiger partial charge in [0, 0.05) is 17.1 Å². The van der Waals surface area contributed by atoms with E-state index in [1.807, 2.05) is 78.9 Å². The molecule has 0 fully saturated rings. The summed E-state index contributed by atoms with van der Waals surface area (Å²) in [7, 11) is 0. The van der Waals surface area contributed by atoms with E-state index in [9.17, 15) is 4.79 Å². The predicted molar refractivity (Wildman–Crippen MR) is 94.5 cm³/mol. The Labute approximate surface area is 140 Å². The zero-order chi connectivity index (χ0) is 16.1. The maximum absolute atomic E-state index is 12.5. The number of amides is 1. The molecular weight excluding hydrogens is 306 g/mol. The molecule has 0 unspecified atom stereocenters. The van der Waals surface area contributed by atoms with Gasteiger partial charge in [-0.15, -0.1) is 0 Å². The summed E-state index contributed by atoms with van der Waals surface area (Å²) in [6.07, 6.45) is 0. The zero-order valence-electron chi connectivity index (χ0n) is 12.5. The van der Waals surface area contributed by atoms with Gasteiger partial charge in [-0.3, -0.25) is 4.79 Å². The Morgan fingerprint density at radius 3 is 2.22 bits per heavy atom. The number of carbonyl (C=O) groups is 1. The fourth-order valence-electron chi connectivity index (χ4n) is 2.43. The molecule has 0 bridgehead atoms. The normalized spacial score (nSPS) is 10.3. The number of hydrogen-bond donors (Lipinski definition) is 1. The number of rotatable bonds is 4. The van der Waals surface area contributed by atoms with Crippen molar-refractivity contribution in [3.05, 3.63) is 95.0 Å². The monoisotopic (exact) mass is 321 g/mol. The predicted octanol–water partition coefficient (Wildman–Crippen LogP) is 4.94. The Morgan fingerprint density at radius 1 is 0.826 bits per heavy atom. The van der Waals surface area contributed by atoms with Crippen LogP contribution in [0.15, 0.2) is 78.9 Å². The summed E-state index contributed by atoms with van der Waals surface area (Å²) < 4.78 is 0. The van der Waals surface area contributed by atoms with Crippen LogP contribution in [0.5, 0.6) is 0 Å². The van der Waals surface area contributed by atoms with Crippen molar-refractivity contribution in [1.29, 1.82) is 0 Å². The molecule has 0 atom stereocenters. The van der Waals surface area contributed by atoms with Gasteiger partial charge in [0.1, 0.15) is 0 Å². The third kappa shape index (κ3) is 3.79. The Bertz CT molecular complexity index is 797. The van der Waals surface area contributed by atoms with E-state index in [4.69, 9.17) is 11.6 Å². The van der Waals surface area contributed by atoms with Crippen LogP contribution >= 0.6 is 11.6 Å². The summed E-state index contributed by atoms with van der Waals surface area (Å²) in [6, 6.07) is 25.0. The molecule has 2 nitrogen and oxygen atoms in total. The molecule has 0 spiro atoms. The molecule has 3 rings (SSSR count). The molecule has 1 amide bonds. The van der Waals surface area contributed by atoms with Crippen molar-refractivity contribution in [2.24, 2.45) is 0 Å². The van der Waals surface area contributed by atoms with Gasteiger partial charge in [-0.05, 0) is 34.9 Å². The van der Waals surface area contributed by atoms with Gasteiger partial charge in [-0.1, -0.05) is 72.3 Å². The number of nitrogens with one attached hydrogen (secondary N) is 1. The Hall–Kier alpha value is -2.58. The van der Waals surface area contributed by atoms with Gasteiger partial charge >= 0.3 is 0 Å². The second-order valence-electron chi connectivity index (χ2n) is 5.22. The van der Waals surface area contributed by atoms with E-state index >= 15 is 0 Å². The van der Waals surface area contributed by atoms with Gasteiger partial charge in [0.05, 0.1) is 0 Å². The van der Waals surface area contributed by atoms with E-state index in [1.165, 1.54) is 0 Å². The highest BCUT2D eigenvalue weighted by atomic mass is 35.5. The van der Waals surface area contributed by atoms with E-state index in [1.54, 1.807) is 0 Å². The molecule has 0 aliphatic carbocycles. The third-order valence-electron chi connectivity index (χ3n) is 3.62. The average Bonchev–Trinajstić information content (AvgIpc) is 2.62. The highest BCUT2D eigenvalue weighted by Gasteiger charge is 2.11. The van der Waals surface area contributed by atoms with Gasteiger partial charge < -0.3 is 5.32 Å². The summed E-state index contributed by atoms with van der Waals surface area (Å²) in [5.74, 6) is -0.0839. The molecule has 0 radical (unpaired) electrons. The molecule has 3 aromatic rings. The molecule has 0 saturated carbocycles. The lowest BCUT2D eigenvalue weighted by Gasteiger charge is -2.10. The molecule has 1 N–H and O–H groups in total. The third-order valence-corrected chi connectivity index (χ3v) is 3.87. The Balaban J connectivity index is 1.79. The van der Waals surface area contributed by atoms with E-state index in [-0.39, 0.29) is 5.91 Å². The minimum atomic E-state index is -0.0839. The first-order valence-corrected chi connectivity index (χ1v) is 7.79. The molecule has 0 aliphatic heterocycles. The summed E-state index contributed by atoms with van der Waals surface area (Å²) in [5.41, 5.74) is 3.65. The quantitative estimate of drug-likeness (QED) is 0.724. The summed E-state index contributed by atoms with van der Waals surface area (Å²) in [5, 5.41) is 3.65. The fraction of sp³-hybridized carbons (Fsp3) is 0.0500. The van der Waals surface area contributed by atoms with Crippen LogP contribution in [0.4, 0.5) is 0 Å². The number of benzene rings is 3. The first-order chi connectivity index (χ1) is 11.2. The second kappa shape index (κ2) is 7.12. The van der Waals surface area contributed by atoms with Crippen molar-refractivity contribution in [2.45, 2.75) is 6.54 Å². The van der Waals surface area contributed by atoms with Crippen molar-refractivity contribution in [2.75, 3.05) is 0 Å². The molecule has 0 saturated heterocycles. The van der Waals surface area contributed by atoms with E-state index in [0.29, 0.717) is 17.1 Å². The van der Waals surface area contributed by atoms with Crippen molar-refractivity contribution < 1.29 is 4.79 Å². The van der Waals surface area contributed by atoms with Crippen LogP contribution in [0.2, 0.25) is 5.02 Å². The van der Waals surface area contributed by atoms with Crippen LogP contribution in [0.3, 0.4) is 0 Å². The SMILES string of the molecule is O=C(NCc1ccc(Cl)cc1)c1ccccc1-c1ccccc1. The standard InChI is InChI=1S/C20H16ClNO/c21-17-12-10-15(11-13-17)14-22-20(23)19-9-5-4-8-18(19)16-6-2-1-3-7-16/h1-13H,14H2,(H,22,23). The zero-order valence-corrected chi connectivity index (χ0v) is 13.3. The Kier molecular flexibility index (Phi) is 4.74. The van der Waals surface area contributed by atoms with E-state index < -0.39 is 0 Å². The van der Waals surface area contributed by atoms with E-state index in [0.717, 1.165) is 16.7 Å². The molecule has 0 aliphatic rings. The molecule has 3 heteroatoms. The average molecular weight is 322 g/mol. The topological polar surface area (TPSA) is 29.1 Å². The van der Waals surface area contributed by atoms with Gasteiger partial charge in [0.2, 0.25) is 0 Å². The maximum Gasteiger partial charge on any atom is 0.252 e. The lowest BCUT2D eigenvalue weighted by Crippen LogP contribution is -2.23. The van der Waals surface area contributed by atoms with Crippen molar-refractivity contribution in [3.8, 4) is 11.1 Å². The highest BCUT2D eigenvalue weighted by molar-refractivity contribution is 6.30. The summed E-state index contributed by atoms with van der Waals surface area (Å²) in [4.78, 5) is 12.5. The summed E-state index contributed by atoms with van der Waals surface area (Å²) in [6.45, 7) is 0.471. The van der Waals surface area contributed by atoms with Crippen LogP contribution < -0.4 is 5.32 Å². The number of halogens is 1. The molecular formula is C20H16ClNO. The van der Waals surface area contributed by atoms with Crippen LogP contribution in [-0.2, 0) is 6.54 Å². The molecule has 0 aromatic heterocycles. The minimum absolute atomic E-state index is 0.0839. The highest BCUT2D eigenvalue weighted by Crippen LogP contribution is 2.23. The molecule has 114 valence electrons. The lowest BCUT2D eigenvalue weighted by atomic mass is 9.99. The second-order valence-corrected chi connectivity index (χ2v) is 5.66. The van der Waals surface area contributed by atoms with Crippen LogP contribution in [0.1, 0.15) is 15.9 Å². The van der Waals surface area contributed by atoms with Gasteiger partial charge in [-0.25, -0.2) is 0 Å². The van der Waals surface area contributed by atoms with Crippen LogP contribution in [0, 0.1) is 0 Å². The molecule has 23 heavy (non-hydrogen) atoms. The molecule has 3 aromatic carbocycles. The number of carbonyl (C=O) groups excluding carboxylic acids is 1. The first-order valence-electron chi connectivity index (χ1n) is 7.41. The number of hydrogen-bond acceptors (Lipinski definition) is 1. The van der Waals surface area contributed by atoms with Crippen LogP contribution in [-0.4, -0.2) is 5.91 Å². The maximum atomic E-state index is 12.5. The molecule has 0 heterocycles.